The maximum atomic E-state index is 12.1. The molecule has 0 unspecified atom stereocenters. The normalized spacial score (nSPS) is 11.7. The largest absolute Gasteiger partial charge is 0.635 e. The van der Waals surface area contributed by atoms with Crippen molar-refractivity contribution in [2.24, 2.45) is 0 Å². The third-order valence-electron chi connectivity index (χ3n) is 3.77. The summed E-state index contributed by atoms with van der Waals surface area (Å²) in [4.78, 5) is 24.7. The second kappa shape index (κ2) is 9.14. The van der Waals surface area contributed by atoms with E-state index in [0.717, 1.165) is 22.4 Å². The number of hydrogen-bond donors (Lipinski definition) is 3. The van der Waals surface area contributed by atoms with Crippen LogP contribution < -0.4 is 5.32 Å². The van der Waals surface area contributed by atoms with Crippen molar-refractivity contribution in [3.05, 3.63) is 60.7 Å². The molecule has 0 bridgehead atoms. The van der Waals surface area contributed by atoms with Crippen molar-refractivity contribution in [1.29, 1.82) is 0 Å². The van der Waals surface area contributed by atoms with Crippen molar-refractivity contribution in [1.82, 2.24) is 10.2 Å². The number of carbonyl (C=O) groups is 2. The SMILES string of the molecule is C=CC(=O)N(C)CC(=O)N[C@@H](Cc1ccc2ccccc2c1)OB(O)O. The highest BCUT2D eigenvalue weighted by Gasteiger charge is 2.21. The zero-order chi connectivity index (χ0) is 19.1. The van der Waals surface area contributed by atoms with Gasteiger partial charge in [0, 0.05) is 13.5 Å². The first-order valence-electron chi connectivity index (χ1n) is 8.05. The molecule has 0 aliphatic carbocycles. The van der Waals surface area contributed by atoms with E-state index in [1.807, 2.05) is 42.5 Å². The summed E-state index contributed by atoms with van der Waals surface area (Å²) in [6.45, 7) is 3.15. The molecule has 136 valence electrons. The molecule has 2 rings (SSSR count). The summed E-state index contributed by atoms with van der Waals surface area (Å²) in [6.07, 6.45) is 0.372. The summed E-state index contributed by atoms with van der Waals surface area (Å²) in [5.74, 6) is -0.886. The molecule has 1 atom stereocenters. The average Bonchev–Trinajstić information content (AvgIpc) is 2.60. The number of rotatable bonds is 8. The van der Waals surface area contributed by atoms with Gasteiger partial charge in [0.1, 0.15) is 6.23 Å². The van der Waals surface area contributed by atoms with E-state index in [4.69, 9.17) is 14.7 Å². The Morgan fingerprint density at radius 1 is 1.27 bits per heavy atom. The minimum atomic E-state index is -2.03. The fourth-order valence-electron chi connectivity index (χ4n) is 2.53. The highest BCUT2D eigenvalue weighted by molar-refractivity contribution is 6.32. The number of carbonyl (C=O) groups excluding carboxylic acids is 2. The predicted octanol–water partition coefficient (Wildman–Crippen LogP) is 0.455. The van der Waals surface area contributed by atoms with E-state index < -0.39 is 25.4 Å². The van der Waals surface area contributed by atoms with E-state index in [2.05, 4.69) is 11.9 Å². The fraction of sp³-hybridized carbons (Fsp3) is 0.222. The van der Waals surface area contributed by atoms with Gasteiger partial charge in [-0.1, -0.05) is 49.0 Å². The lowest BCUT2D eigenvalue weighted by Crippen LogP contribution is -2.46. The van der Waals surface area contributed by atoms with Gasteiger partial charge in [-0.05, 0) is 22.4 Å². The van der Waals surface area contributed by atoms with Gasteiger partial charge in [0.05, 0.1) is 6.54 Å². The van der Waals surface area contributed by atoms with Crippen LogP contribution in [-0.4, -0.2) is 53.9 Å². The van der Waals surface area contributed by atoms with E-state index in [1.165, 1.54) is 11.9 Å². The first kappa shape index (κ1) is 19.6. The monoisotopic (exact) mass is 356 g/mol. The Bertz CT molecular complexity index is 796. The van der Waals surface area contributed by atoms with E-state index in [9.17, 15) is 9.59 Å². The van der Waals surface area contributed by atoms with Crippen molar-refractivity contribution in [3.8, 4) is 0 Å². The van der Waals surface area contributed by atoms with Gasteiger partial charge >= 0.3 is 7.32 Å². The summed E-state index contributed by atoms with van der Waals surface area (Å²) in [5, 5.41) is 22.8. The lowest BCUT2D eigenvalue weighted by atomic mass is 10.0. The minimum absolute atomic E-state index is 0.204. The van der Waals surface area contributed by atoms with Crippen molar-refractivity contribution in [2.75, 3.05) is 13.6 Å². The fourth-order valence-corrected chi connectivity index (χ4v) is 2.53. The molecule has 2 amide bonds. The predicted molar refractivity (Wildman–Crippen MR) is 98.7 cm³/mol. The zero-order valence-corrected chi connectivity index (χ0v) is 14.5. The molecular weight excluding hydrogens is 335 g/mol. The van der Waals surface area contributed by atoms with Gasteiger partial charge in [-0.2, -0.15) is 0 Å². The van der Waals surface area contributed by atoms with Crippen LogP contribution in [0.25, 0.3) is 10.8 Å². The van der Waals surface area contributed by atoms with Crippen LogP contribution in [0.1, 0.15) is 5.56 Å². The van der Waals surface area contributed by atoms with Gasteiger partial charge in [-0.15, -0.1) is 0 Å². The second-order valence-electron chi connectivity index (χ2n) is 5.80. The van der Waals surface area contributed by atoms with Crippen LogP contribution in [0, 0.1) is 0 Å². The Labute approximate surface area is 152 Å². The molecule has 2 aromatic rings. The van der Waals surface area contributed by atoms with Gasteiger partial charge < -0.3 is 24.9 Å². The lowest BCUT2D eigenvalue weighted by molar-refractivity contribution is -0.132. The smallest absolute Gasteiger partial charge is 0.402 e. The molecule has 0 spiro atoms. The first-order chi connectivity index (χ1) is 12.4. The maximum absolute atomic E-state index is 12.1. The quantitative estimate of drug-likeness (QED) is 0.363. The summed E-state index contributed by atoms with van der Waals surface area (Å²) < 4.78 is 4.96. The highest BCUT2D eigenvalue weighted by Crippen LogP contribution is 2.17. The summed E-state index contributed by atoms with van der Waals surface area (Å²) in [5.41, 5.74) is 0.852. The van der Waals surface area contributed by atoms with Gasteiger partial charge in [-0.25, -0.2) is 0 Å². The molecule has 0 heterocycles. The van der Waals surface area contributed by atoms with Crippen LogP contribution in [-0.2, 0) is 20.7 Å². The number of nitrogens with one attached hydrogen (secondary N) is 1. The molecule has 0 radical (unpaired) electrons. The molecule has 3 N–H and O–H groups in total. The minimum Gasteiger partial charge on any atom is -0.402 e. The van der Waals surface area contributed by atoms with Gasteiger partial charge in [0.2, 0.25) is 11.8 Å². The molecule has 26 heavy (non-hydrogen) atoms. The third-order valence-corrected chi connectivity index (χ3v) is 3.77. The Morgan fingerprint density at radius 3 is 2.62 bits per heavy atom. The summed E-state index contributed by atoms with van der Waals surface area (Å²) in [7, 11) is -0.572. The zero-order valence-electron chi connectivity index (χ0n) is 14.5. The molecule has 0 saturated carbocycles. The summed E-state index contributed by atoms with van der Waals surface area (Å²) in [6, 6.07) is 13.6. The Kier molecular flexibility index (Phi) is 6.91. The Balaban J connectivity index is 2.06. The van der Waals surface area contributed by atoms with Crippen molar-refractivity contribution in [3.63, 3.8) is 0 Å². The van der Waals surface area contributed by atoms with E-state index in [0.29, 0.717) is 0 Å². The van der Waals surface area contributed by atoms with Crippen LogP contribution in [0.3, 0.4) is 0 Å². The molecule has 0 saturated heterocycles. The topological polar surface area (TPSA) is 99.1 Å². The van der Waals surface area contributed by atoms with Gasteiger partial charge in [0.25, 0.3) is 0 Å². The van der Waals surface area contributed by atoms with Crippen LogP contribution in [0.2, 0.25) is 0 Å². The molecule has 0 fully saturated rings. The van der Waals surface area contributed by atoms with E-state index in [1.54, 1.807) is 0 Å². The van der Waals surface area contributed by atoms with Crippen molar-refractivity contribution < 1.29 is 24.3 Å². The Hall–Kier alpha value is -2.68. The molecular formula is C18H21BN2O5. The standard InChI is InChI=1S/C18H21BN2O5/c1-3-18(23)21(2)12-16(22)20-17(26-19(24)25)11-13-8-9-14-6-4-5-7-15(14)10-13/h3-10,17,24-25H,1,11-12H2,2H3,(H,20,22)/t17-/m1/s1. The number of amides is 2. The second-order valence-corrected chi connectivity index (χ2v) is 5.80. The van der Waals surface area contributed by atoms with E-state index >= 15 is 0 Å². The van der Waals surface area contributed by atoms with Crippen molar-refractivity contribution in [2.45, 2.75) is 12.6 Å². The van der Waals surface area contributed by atoms with Crippen LogP contribution in [0.5, 0.6) is 0 Å². The number of likely N-dealkylation sites (N-methyl/N-ethyl adjacent to an activating group) is 1. The number of benzene rings is 2. The molecule has 0 aromatic heterocycles. The number of nitrogens with zero attached hydrogens (tertiary/aromatic N) is 1. The average molecular weight is 356 g/mol. The third kappa shape index (κ3) is 5.70. The highest BCUT2D eigenvalue weighted by atomic mass is 16.6. The van der Waals surface area contributed by atoms with Gasteiger partial charge in [0.15, 0.2) is 0 Å². The Morgan fingerprint density at radius 2 is 1.96 bits per heavy atom. The number of fused-ring (bicyclic) bond motifs is 1. The molecule has 7 nitrogen and oxygen atoms in total. The lowest BCUT2D eigenvalue weighted by Gasteiger charge is -2.21. The van der Waals surface area contributed by atoms with Gasteiger partial charge in [-0.3, -0.25) is 9.59 Å². The first-order valence-corrected chi connectivity index (χ1v) is 8.05. The summed E-state index contributed by atoms with van der Waals surface area (Å²) >= 11 is 0. The van der Waals surface area contributed by atoms with E-state index in [-0.39, 0.29) is 13.0 Å². The molecule has 0 aliphatic rings. The van der Waals surface area contributed by atoms with Crippen LogP contribution in [0.15, 0.2) is 55.1 Å². The molecule has 8 heteroatoms. The maximum Gasteiger partial charge on any atom is 0.635 e. The van der Waals surface area contributed by atoms with Crippen molar-refractivity contribution >= 4 is 29.9 Å². The van der Waals surface area contributed by atoms with Crippen LogP contribution in [0.4, 0.5) is 0 Å². The van der Waals surface area contributed by atoms with Crippen LogP contribution >= 0.6 is 0 Å². The molecule has 2 aromatic carbocycles. The number of hydrogen-bond acceptors (Lipinski definition) is 5. The molecule has 0 aliphatic heterocycles.